The summed E-state index contributed by atoms with van der Waals surface area (Å²) in [6.07, 6.45) is 1.74. The highest BCUT2D eigenvalue weighted by Gasteiger charge is 2.15. The van der Waals surface area contributed by atoms with Crippen LogP contribution in [0.25, 0.3) is 0 Å². The first kappa shape index (κ1) is 10.3. The minimum Gasteiger partial charge on any atom is -0.399 e. The molecule has 0 atom stereocenters. The van der Waals surface area contributed by atoms with Crippen LogP contribution in [0.15, 0.2) is 17.3 Å². The van der Waals surface area contributed by atoms with Gasteiger partial charge in [0.25, 0.3) is 0 Å². The summed E-state index contributed by atoms with van der Waals surface area (Å²) in [6, 6.07) is 4.20. The maximum absolute atomic E-state index is 4.62. The van der Waals surface area contributed by atoms with Crippen LogP contribution in [0.4, 0.5) is 0 Å². The summed E-state index contributed by atoms with van der Waals surface area (Å²) >= 11 is 1.75. The minimum atomic E-state index is 0.226. The molecule has 1 aromatic rings. The Kier molecular flexibility index (Phi) is 3.09. The van der Waals surface area contributed by atoms with Crippen molar-refractivity contribution < 1.29 is 4.84 Å². The van der Waals surface area contributed by atoms with Gasteiger partial charge in [-0.3, -0.25) is 0 Å². The monoisotopic (exact) mass is 197 g/mol. The van der Waals surface area contributed by atoms with Gasteiger partial charge in [-0.2, -0.15) is 0 Å². The third-order valence-corrected chi connectivity index (χ3v) is 3.10. The molecule has 0 unspecified atom stereocenters. The van der Waals surface area contributed by atoms with Crippen LogP contribution in [-0.4, -0.2) is 13.3 Å². The molecular formula is C10H15NOS. The van der Waals surface area contributed by atoms with Gasteiger partial charge in [0.15, 0.2) is 0 Å². The molecule has 3 heteroatoms. The molecule has 0 saturated carbocycles. The van der Waals surface area contributed by atoms with E-state index in [4.69, 9.17) is 0 Å². The summed E-state index contributed by atoms with van der Waals surface area (Å²) in [5.41, 5.74) is 0.226. The average Bonchev–Trinajstić information content (AvgIpc) is 2.47. The largest absolute Gasteiger partial charge is 0.399 e. The quantitative estimate of drug-likeness (QED) is 0.527. The molecule has 0 spiro atoms. The normalized spacial score (nSPS) is 12.3. The molecule has 0 saturated heterocycles. The number of hydrogen-bond donors (Lipinski definition) is 0. The molecule has 1 rings (SSSR count). The summed E-state index contributed by atoms with van der Waals surface area (Å²) in [4.78, 5) is 7.11. The Balaban J connectivity index is 2.81. The predicted molar refractivity (Wildman–Crippen MR) is 57.6 cm³/mol. The number of hydrogen-bond acceptors (Lipinski definition) is 3. The SMILES string of the molecule is CO/N=C/c1ccc(C(C)(C)C)s1. The lowest BCUT2D eigenvalue weighted by molar-refractivity contribution is 0.215. The molecule has 0 amide bonds. The second kappa shape index (κ2) is 3.92. The highest BCUT2D eigenvalue weighted by Crippen LogP contribution is 2.28. The Labute approximate surface area is 83.2 Å². The van der Waals surface area contributed by atoms with Crippen molar-refractivity contribution in [2.75, 3.05) is 7.11 Å². The van der Waals surface area contributed by atoms with Gasteiger partial charge < -0.3 is 4.84 Å². The zero-order valence-corrected chi connectivity index (χ0v) is 9.31. The van der Waals surface area contributed by atoms with Crippen LogP contribution in [0.1, 0.15) is 30.5 Å². The molecule has 0 aromatic carbocycles. The fourth-order valence-electron chi connectivity index (χ4n) is 0.930. The summed E-state index contributed by atoms with van der Waals surface area (Å²) < 4.78 is 0. The Morgan fingerprint density at radius 1 is 1.38 bits per heavy atom. The number of nitrogens with zero attached hydrogens (tertiary/aromatic N) is 1. The lowest BCUT2D eigenvalue weighted by atomic mass is 9.95. The predicted octanol–water partition coefficient (Wildman–Crippen LogP) is 3.03. The van der Waals surface area contributed by atoms with E-state index in [2.05, 4.69) is 42.9 Å². The third kappa shape index (κ3) is 2.84. The molecule has 0 N–H and O–H groups in total. The van der Waals surface area contributed by atoms with Crippen molar-refractivity contribution in [1.29, 1.82) is 0 Å². The molecule has 1 aromatic heterocycles. The van der Waals surface area contributed by atoms with Crippen molar-refractivity contribution in [2.24, 2.45) is 5.16 Å². The first-order valence-corrected chi connectivity index (χ1v) is 5.02. The molecule has 0 aliphatic heterocycles. The molecule has 0 bridgehead atoms. The summed E-state index contributed by atoms with van der Waals surface area (Å²) in [6.45, 7) is 6.61. The van der Waals surface area contributed by atoms with Gasteiger partial charge in [-0.25, -0.2) is 0 Å². The smallest absolute Gasteiger partial charge is 0.106 e. The lowest BCUT2D eigenvalue weighted by Gasteiger charge is -2.14. The molecule has 72 valence electrons. The highest BCUT2D eigenvalue weighted by molar-refractivity contribution is 7.13. The van der Waals surface area contributed by atoms with Gasteiger partial charge in [0.2, 0.25) is 0 Å². The van der Waals surface area contributed by atoms with Gasteiger partial charge in [-0.15, -0.1) is 11.3 Å². The molecule has 0 radical (unpaired) electrons. The van der Waals surface area contributed by atoms with E-state index in [-0.39, 0.29) is 5.41 Å². The van der Waals surface area contributed by atoms with Crippen LogP contribution in [0, 0.1) is 0 Å². The average molecular weight is 197 g/mol. The highest BCUT2D eigenvalue weighted by atomic mass is 32.1. The molecular weight excluding hydrogens is 182 g/mol. The lowest BCUT2D eigenvalue weighted by Crippen LogP contribution is -2.07. The second-order valence-corrected chi connectivity index (χ2v) is 4.98. The van der Waals surface area contributed by atoms with Crippen molar-refractivity contribution in [2.45, 2.75) is 26.2 Å². The Morgan fingerprint density at radius 3 is 2.54 bits per heavy atom. The van der Waals surface area contributed by atoms with Crippen LogP contribution in [0.2, 0.25) is 0 Å². The Hall–Kier alpha value is -0.830. The number of thiophene rings is 1. The van der Waals surface area contributed by atoms with Crippen molar-refractivity contribution in [3.05, 3.63) is 21.9 Å². The van der Waals surface area contributed by atoms with E-state index < -0.39 is 0 Å². The second-order valence-electron chi connectivity index (χ2n) is 3.87. The van der Waals surface area contributed by atoms with E-state index in [1.165, 1.54) is 4.88 Å². The third-order valence-electron chi connectivity index (χ3n) is 1.65. The minimum absolute atomic E-state index is 0.226. The first-order valence-electron chi connectivity index (χ1n) is 4.21. The molecule has 0 aliphatic rings. The van der Waals surface area contributed by atoms with Crippen LogP contribution >= 0.6 is 11.3 Å². The van der Waals surface area contributed by atoms with Crippen LogP contribution in [0.3, 0.4) is 0 Å². The Bertz CT molecular complexity index is 296. The molecule has 13 heavy (non-hydrogen) atoms. The Morgan fingerprint density at radius 2 is 2.08 bits per heavy atom. The van der Waals surface area contributed by atoms with Gasteiger partial charge in [0.05, 0.1) is 6.21 Å². The van der Waals surface area contributed by atoms with Crippen molar-refractivity contribution in [3.8, 4) is 0 Å². The standard InChI is InChI=1S/C10H15NOS/c1-10(2,3)9-6-5-8(13-9)7-11-12-4/h5-7H,1-4H3/b11-7+. The topological polar surface area (TPSA) is 21.6 Å². The van der Waals surface area contributed by atoms with E-state index in [9.17, 15) is 0 Å². The first-order chi connectivity index (χ1) is 6.04. The van der Waals surface area contributed by atoms with E-state index >= 15 is 0 Å². The fraction of sp³-hybridized carbons (Fsp3) is 0.500. The molecule has 1 heterocycles. The number of rotatable bonds is 2. The van der Waals surface area contributed by atoms with Gasteiger partial charge in [-0.05, 0) is 17.5 Å². The summed E-state index contributed by atoms with van der Waals surface area (Å²) in [5, 5.41) is 3.72. The maximum Gasteiger partial charge on any atom is 0.106 e. The number of oxime groups is 1. The van der Waals surface area contributed by atoms with E-state index in [0.717, 1.165) is 4.88 Å². The van der Waals surface area contributed by atoms with E-state index in [0.29, 0.717) is 0 Å². The van der Waals surface area contributed by atoms with Crippen molar-refractivity contribution >= 4 is 17.6 Å². The van der Waals surface area contributed by atoms with Gasteiger partial charge in [-0.1, -0.05) is 25.9 Å². The molecule has 2 nitrogen and oxygen atoms in total. The van der Waals surface area contributed by atoms with E-state index in [1.807, 2.05) is 0 Å². The molecule has 0 fully saturated rings. The van der Waals surface area contributed by atoms with Gasteiger partial charge in [0, 0.05) is 9.75 Å². The maximum atomic E-state index is 4.62. The van der Waals surface area contributed by atoms with Crippen LogP contribution < -0.4 is 0 Å². The van der Waals surface area contributed by atoms with Gasteiger partial charge in [0.1, 0.15) is 7.11 Å². The van der Waals surface area contributed by atoms with Crippen LogP contribution in [-0.2, 0) is 10.3 Å². The van der Waals surface area contributed by atoms with E-state index in [1.54, 1.807) is 24.7 Å². The zero-order chi connectivity index (χ0) is 9.90. The molecule has 0 aliphatic carbocycles. The van der Waals surface area contributed by atoms with Gasteiger partial charge >= 0.3 is 0 Å². The zero-order valence-electron chi connectivity index (χ0n) is 8.50. The summed E-state index contributed by atoms with van der Waals surface area (Å²) in [7, 11) is 1.55. The fourth-order valence-corrected chi connectivity index (χ4v) is 1.86. The van der Waals surface area contributed by atoms with Crippen molar-refractivity contribution in [1.82, 2.24) is 0 Å². The van der Waals surface area contributed by atoms with Crippen LogP contribution in [0.5, 0.6) is 0 Å². The van der Waals surface area contributed by atoms with Crippen molar-refractivity contribution in [3.63, 3.8) is 0 Å². The summed E-state index contributed by atoms with van der Waals surface area (Å²) in [5.74, 6) is 0.